The Morgan fingerprint density at radius 2 is 1.66 bits per heavy atom. The van der Waals surface area contributed by atoms with E-state index in [1.807, 2.05) is 37.3 Å². The predicted octanol–water partition coefficient (Wildman–Crippen LogP) is 3.93. The topological polar surface area (TPSA) is 127 Å². The van der Waals surface area contributed by atoms with Crippen molar-refractivity contribution in [3.63, 3.8) is 0 Å². The standard InChI is InChI=1S/C25H21N3O6S/c1-3-33-24(31)20-19(15-9-5-4-6-10-15)14(2)35-23(20)26-18(29)13-34-25(32)21-16-11-7-8-12-17(16)22(30)28-27-21/h4-12H,3,13H2,1-2H3,(H,26,29)(H,28,30). The van der Waals surface area contributed by atoms with Crippen molar-refractivity contribution in [3.8, 4) is 11.1 Å². The molecule has 0 bridgehead atoms. The zero-order chi connectivity index (χ0) is 24.9. The van der Waals surface area contributed by atoms with E-state index < -0.39 is 30.0 Å². The average Bonchev–Trinajstić information content (AvgIpc) is 3.19. The van der Waals surface area contributed by atoms with Crippen molar-refractivity contribution in [1.82, 2.24) is 10.2 Å². The molecule has 1 amide bonds. The molecular formula is C25H21N3O6S. The lowest BCUT2D eigenvalue weighted by Crippen LogP contribution is -2.23. The smallest absolute Gasteiger partial charge is 0.359 e. The first kappa shape index (κ1) is 23.8. The number of hydrogen-bond acceptors (Lipinski definition) is 8. The molecule has 0 spiro atoms. The van der Waals surface area contributed by atoms with Crippen LogP contribution in [0, 0.1) is 6.92 Å². The molecule has 0 saturated heterocycles. The number of ether oxygens (including phenoxy) is 2. The van der Waals surface area contributed by atoms with Crippen molar-refractivity contribution < 1.29 is 23.9 Å². The van der Waals surface area contributed by atoms with Crippen molar-refractivity contribution in [2.24, 2.45) is 0 Å². The fourth-order valence-electron chi connectivity index (χ4n) is 3.62. The van der Waals surface area contributed by atoms with Gasteiger partial charge in [0.15, 0.2) is 12.3 Å². The highest BCUT2D eigenvalue weighted by Gasteiger charge is 2.26. The van der Waals surface area contributed by atoms with E-state index in [1.165, 1.54) is 11.3 Å². The van der Waals surface area contributed by atoms with E-state index in [4.69, 9.17) is 9.47 Å². The van der Waals surface area contributed by atoms with Crippen LogP contribution in [-0.2, 0) is 14.3 Å². The van der Waals surface area contributed by atoms with Crippen molar-refractivity contribution in [3.05, 3.63) is 81.1 Å². The molecule has 0 atom stereocenters. The van der Waals surface area contributed by atoms with Crippen molar-refractivity contribution in [2.75, 3.05) is 18.5 Å². The van der Waals surface area contributed by atoms with E-state index in [1.54, 1.807) is 31.2 Å². The summed E-state index contributed by atoms with van der Waals surface area (Å²) in [5, 5.41) is 9.57. The zero-order valence-electron chi connectivity index (χ0n) is 18.9. The lowest BCUT2D eigenvalue weighted by Gasteiger charge is -2.10. The van der Waals surface area contributed by atoms with Crippen LogP contribution in [0.25, 0.3) is 21.9 Å². The van der Waals surface area contributed by atoms with Crippen molar-refractivity contribution in [1.29, 1.82) is 0 Å². The van der Waals surface area contributed by atoms with Crippen LogP contribution in [-0.4, -0.2) is 41.3 Å². The Labute approximate surface area is 203 Å². The molecular weight excluding hydrogens is 470 g/mol. The largest absolute Gasteiger partial charge is 0.462 e. The minimum atomic E-state index is -0.870. The predicted molar refractivity (Wildman–Crippen MR) is 132 cm³/mol. The summed E-state index contributed by atoms with van der Waals surface area (Å²) in [5.74, 6) is -2.07. The fraction of sp³-hybridized carbons (Fsp3) is 0.160. The number of carbonyl (C=O) groups is 3. The van der Waals surface area contributed by atoms with Crippen molar-refractivity contribution >= 4 is 45.0 Å². The Morgan fingerprint density at radius 3 is 2.37 bits per heavy atom. The highest BCUT2D eigenvalue weighted by molar-refractivity contribution is 7.17. The molecule has 2 heterocycles. The number of nitrogens with zero attached hydrogens (tertiary/aromatic N) is 1. The Hall–Kier alpha value is -4.31. The van der Waals surface area contributed by atoms with Crippen LogP contribution < -0.4 is 10.9 Å². The van der Waals surface area contributed by atoms with Crippen LogP contribution in [0.3, 0.4) is 0 Å². The molecule has 178 valence electrons. The number of aryl methyl sites for hydroxylation is 1. The maximum atomic E-state index is 12.8. The summed E-state index contributed by atoms with van der Waals surface area (Å²) in [6.07, 6.45) is 0. The van der Waals surface area contributed by atoms with Crippen molar-refractivity contribution in [2.45, 2.75) is 13.8 Å². The molecule has 0 aliphatic heterocycles. The van der Waals surface area contributed by atoms with Gasteiger partial charge in [-0.25, -0.2) is 14.7 Å². The maximum Gasteiger partial charge on any atom is 0.359 e. The van der Waals surface area contributed by atoms with E-state index in [0.717, 1.165) is 10.4 Å². The van der Waals surface area contributed by atoms with Crippen LogP contribution in [0.4, 0.5) is 5.00 Å². The summed E-state index contributed by atoms with van der Waals surface area (Å²) in [6, 6.07) is 15.8. The van der Waals surface area contributed by atoms with Gasteiger partial charge < -0.3 is 14.8 Å². The number of aromatic nitrogens is 2. The number of H-pyrrole nitrogens is 1. The third-order valence-electron chi connectivity index (χ3n) is 5.10. The Kier molecular flexibility index (Phi) is 7.02. The second-order valence-corrected chi connectivity index (χ2v) is 8.62. The molecule has 2 N–H and O–H groups in total. The van der Waals surface area contributed by atoms with Gasteiger partial charge in [-0.05, 0) is 25.5 Å². The summed E-state index contributed by atoms with van der Waals surface area (Å²) in [6.45, 7) is 3.10. The Bertz CT molecular complexity index is 1480. The number of thiophene rings is 1. The Morgan fingerprint density at radius 1 is 0.971 bits per heavy atom. The van der Waals surface area contributed by atoms with Gasteiger partial charge in [-0.1, -0.05) is 48.5 Å². The molecule has 10 heteroatoms. The number of nitrogens with one attached hydrogen (secondary N) is 2. The number of hydrogen-bond donors (Lipinski definition) is 2. The quantitative estimate of drug-likeness (QED) is 0.375. The third kappa shape index (κ3) is 4.97. The second-order valence-electron chi connectivity index (χ2n) is 7.40. The second kappa shape index (κ2) is 10.3. The van der Waals surface area contributed by atoms with Gasteiger partial charge in [-0.15, -0.1) is 11.3 Å². The van der Waals surface area contributed by atoms with Crippen LogP contribution in [0.5, 0.6) is 0 Å². The first-order valence-electron chi connectivity index (χ1n) is 10.7. The molecule has 35 heavy (non-hydrogen) atoms. The van der Waals surface area contributed by atoms with E-state index >= 15 is 0 Å². The number of amides is 1. The van der Waals surface area contributed by atoms with E-state index in [2.05, 4.69) is 15.5 Å². The highest BCUT2D eigenvalue weighted by atomic mass is 32.1. The number of fused-ring (bicyclic) bond motifs is 1. The van der Waals surface area contributed by atoms with Gasteiger partial charge in [-0.2, -0.15) is 5.10 Å². The monoisotopic (exact) mass is 491 g/mol. The number of aromatic amines is 1. The van der Waals surface area contributed by atoms with Gasteiger partial charge in [0.2, 0.25) is 0 Å². The van der Waals surface area contributed by atoms with Gasteiger partial charge in [0, 0.05) is 15.8 Å². The highest BCUT2D eigenvalue weighted by Crippen LogP contribution is 2.40. The van der Waals surface area contributed by atoms with Gasteiger partial charge in [0.25, 0.3) is 11.5 Å². The number of carbonyl (C=O) groups excluding carboxylic acids is 3. The van der Waals surface area contributed by atoms with Gasteiger partial charge in [0.05, 0.1) is 12.0 Å². The first-order chi connectivity index (χ1) is 16.9. The third-order valence-corrected chi connectivity index (χ3v) is 6.12. The lowest BCUT2D eigenvalue weighted by molar-refractivity contribution is -0.119. The molecule has 2 aromatic carbocycles. The molecule has 0 aliphatic rings. The minimum Gasteiger partial charge on any atom is -0.462 e. The van der Waals surface area contributed by atoms with E-state index in [9.17, 15) is 19.2 Å². The Balaban J connectivity index is 1.55. The van der Waals surface area contributed by atoms with E-state index in [-0.39, 0.29) is 23.3 Å². The molecule has 0 radical (unpaired) electrons. The SMILES string of the molecule is CCOC(=O)c1c(NC(=O)COC(=O)c2n[nH]c(=O)c3ccccc23)sc(C)c1-c1ccccc1. The molecule has 2 aromatic heterocycles. The number of benzene rings is 2. The van der Waals surface area contributed by atoms with Crippen LogP contribution in [0.15, 0.2) is 59.4 Å². The van der Waals surface area contributed by atoms with Crippen LogP contribution in [0.1, 0.15) is 32.6 Å². The summed E-state index contributed by atoms with van der Waals surface area (Å²) in [4.78, 5) is 50.7. The van der Waals surface area contributed by atoms with E-state index in [0.29, 0.717) is 16.0 Å². The fourth-order valence-corrected chi connectivity index (χ4v) is 4.70. The molecule has 4 aromatic rings. The summed E-state index contributed by atoms with van der Waals surface area (Å²) >= 11 is 1.23. The summed E-state index contributed by atoms with van der Waals surface area (Å²) in [7, 11) is 0. The molecule has 0 saturated carbocycles. The average molecular weight is 492 g/mol. The first-order valence-corrected chi connectivity index (χ1v) is 11.5. The van der Waals surface area contributed by atoms with Gasteiger partial charge >= 0.3 is 11.9 Å². The van der Waals surface area contributed by atoms with Gasteiger partial charge in [0.1, 0.15) is 10.6 Å². The summed E-state index contributed by atoms with van der Waals surface area (Å²) < 4.78 is 10.4. The maximum absolute atomic E-state index is 12.8. The molecule has 0 fully saturated rings. The van der Waals surface area contributed by atoms with Gasteiger partial charge in [-0.3, -0.25) is 9.59 Å². The number of rotatable bonds is 7. The normalized spacial score (nSPS) is 10.7. The molecule has 0 aliphatic carbocycles. The minimum absolute atomic E-state index is 0.112. The molecule has 4 rings (SSSR count). The number of anilines is 1. The molecule has 9 nitrogen and oxygen atoms in total. The van der Waals surface area contributed by atoms with Crippen LogP contribution in [0.2, 0.25) is 0 Å². The zero-order valence-corrected chi connectivity index (χ0v) is 19.7. The lowest BCUT2D eigenvalue weighted by atomic mass is 10.0. The van der Waals surface area contributed by atoms with Crippen LogP contribution >= 0.6 is 11.3 Å². The summed E-state index contributed by atoms with van der Waals surface area (Å²) in [5.41, 5.74) is 1.17. The number of esters is 2. The molecule has 0 unspecified atom stereocenters.